The maximum atomic E-state index is 10.3. The zero-order valence-corrected chi connectivity index (χ0v) is 6.89. The van der Waals surface area contributed by atoms with E-state index in [1.54, 1.807) is 0 Å². The van der Waals surface area contributed by atoms with E-state index in [0.29, 0.717) is 0 Å². The fourth-order valence-corrected chi connectivity index (χ4v) is 5.25. The van der Waals surface area contributed by atoms with E-state index in [-0.39, 0.29) is 5.44 Å². The first-order valence-electron chi connectivity index (χ1n) is 3.68. The van der Waals surface area contributed by atoms with Crippen molar-refractivity contribution < 1.29 is 8.98 Å². The molecule has 0 bridgehead atoms. The molecule has 1 spiro atoms. The molecule has 3 unspecified atom stereocenters. The van der Waals surface area contributed by atoms with Gasteiger partial charge in [-0.15, -0.1) is 0 Å². The van der Waals surface area contributed by atoms with Crippen LogP contribution in [0.5, 0.6) is 0 Å². The third-order valence-electron chi connectivity index (χ3n) is 2.31. The molecule has 0 saturated carbocycles. The number of carbonyl (C=O) groups excluding carboxylic acids is 1. The highest BCUT2D eigenvalue weighted by atomic mass is 32.3. The molecule has 0 N–H and O–H groups in total. The van der Waals surface area contributed by atoms with E-state index >= 15 is 0 Å². The molecular weight excluding hydrogens is 148 g/mol. The average molecular weight is 160 g/mol. The smallest absolute Gasteiger partial charge is 0.176 e. The summed E-state index contributed by atoms with van der Waals surface area (Å²) < 4.78 is 5.40. The molecule has 2 heterocycles. The Morgan fingerprint density at radius 2 is 2.50 bits per heavy atom. The van der Waals surface area contributed by atoms with Gasteiger partial charge in [0, 0.05) is 11.5 Å². The van der Waals surface area contributed by atoms with E-state index in [1.165, 1.54) is 17.9 Å². The number of aldehydes is 1. The van der Waals surface area contributed by atoms with E-state index in [4.69, 9.17) is 4.18 Å². The molecule has 58 valence electrons. The summed E-state index contributed by atoms with van der Waals surface area (Å²) in [7, 11) is -0.804. The van der Waals surface area contributed by atoms with E-state index in [2.05, 4.69) is 6.92 Å². The second kappa shape index (κ2) is 1.98. The summed E-state index contributed by atoms with van der Waals surface area (Å²) in [6.07, 6.45) is 2.24. The van der Waals surface area contributed by atoms with Gasteiger partial charge in [-0.2, -0.15) is 0 Å². The lowest BCUT2D eigenvalue weighted by Crippen LogP contribution is -1.93. The summed E-state index contributed by atoms with van der Waals surface area (Å²) in [6.45, 7) is 2.24. The summed E-state index contributed by atoms with van der Waals surface area (Å²) in [5.74, 6) is 3.15. The second-order valence-corrected chi connectivity index (χ2v) is 6.37. The van der Waals surface area contributed by atoms with Crippen LogP contribution < -0.4 is 0 Å². The Labute approximate surface area is 62.5 Å². The molecule has 2 rings (SSSR count). The van der Waals surface area contributed by atoms with Crippen molar-refractivity contribution >= 4 is 16.6 Å². The van der Waals surface area contributed by atoms with Gasteiger partial charge in [-0.25, -0.2) is 0 Å². The Morgan fingerprint density at radius 1 is 1.70 bits per heavy atom. The van der Waals surface area contributed by atoms with E-state index in [1.807, 2.05) is 0 Å². The fraction of sp³-hybridized carbons (Fsp3) is 0.857. The Balaban J connectivity index is 2.02. The van der Waals surface area contributed by atoms with Crippen LogP contribution in [0, 0.1) is 5.92 Å². The molecule has 0 amide bonds. The van der Waals surface area contributed by atoms with Gasteiger partial charge in [-0.1, -0.05) is 17.2 Å². The molecule has 0 radical (unpaired) electrons. The minimum atomic E-state index is -0.804. The third kappa shape index (κ3) is 0.805. The van der Waals surface area contributed by atoms with Crippen LogP contribution in [0.2, 0.25) is 0 Å². The van der Waals surface area contributed by atoms with E-state index in [0.717, 1.165) is 12.2 Å². The van der Waals surface area contributed by atoms with Crippen LogP contribution in [-0.2, 0) is 8.98 Å². The van der Waals surface area contributed by atoms with E-state index in [9.17, 15) is 4.79 Å². The van der Waals surface area contributed by atoms with Crippen molar-refractivity contribution in [2.24, 2.45) is 5.92 Å². The topological polar surface area (TPSA) is 29.6 Å². The van der Waals surface area contributed by atoms with Crippen molar-refractivity contribution in [3.63, 3.8) is 0 Å². The lowest BCUT2D eigenvalue weighted by atomic mass is 10.2. The molecule has 2 saturated heterocycles. The van der Waals surface area contributed by atoms with Crippen molar-refractivity contribution in [1.82, 2.24) is 0 Å². The molecule has 2 fully saturated rings. The van der Waals surface area contributed by atoms with Gasteiger partial charge in [0.15, 0.2) is 11.7 Å². The average Bonchev–Trinajstić information content (AvgIpc) is 2.46. The van der Waals surface area contributed by atoms with Crippen LogP contribution in [0.1, 0.15) is 13.3 Å². The second-order valence-electron chi connectivity index (χ2n) is 3.23. The molecule has 0 aromatic rings. The largest absolute Gasteiger partial charge is 0.312 e. The molecule has 2 aliphatic rings. The van der Waals surface area contributed by atoms with Crippen LogP contribution in [0.4, 0.5) is 0 Å². The minimum Gasteiger partial charge on any atom is -0.312 e. The summed E-state index contributed by atoms with van der Waals surface area (Å²) in [4.78, 5) is 10.3. The number of rotatable bonds is 1. The van der Waals surface area contributed by atoms with Crippen molar-refractivity contribution in [3.05, 3.63) is 0 Å². The number of hydrogen-bond acceptors (Lipinski definition) is 2. The summed E-state index contributed by atoms with van der Waals surface area (Å²) in [6, 6.07) is 0. The van der Waals surface area contributed by atoms with Gasteiger partial charge >= 0.3 is 0 Å². The zero-order valence-electron chi connectivity index (χ0n) is 6.08. The highest BCUT2D eigenvalue weighted by molar-refractivity contribution is 8.35. The van der Waals surface area contributed by atoms with Gasteiger partial charge in [-0.05, 0) is 12.3 Å². The Hall–Kier alpha value is -0.0200. The molecule has 3 heteroatoms. The zero-order chi connectivity index (χ0) is 7.19. The first-order chi connectivity index (χ1) is 4.77. The minimum absolute atomic E-state index is 0.0254. The molecule has 0 aliphatic carbocycles. The van der Waals surface area contributed by atoms with Gasteiger partial charge in [0.2, 0.25) is 0 Å². The SMILES string of the molecule is CC1CCS2(C1)OC2C=O. The molecule has 10 heavy (non-hydrogen) atoms. The first kappa shape index (κ1) is 6.68. The first-order valence-corrected chi connectivity index (χ1v) is 5.64. The van der Waals surface area contributed by atoms with Crippen molar-refractivity contribution in [2.75, 3.05) is 11.5 Å². The Kier molecular flexibility index (Phi) is 1.32. The third-order valence-corrected chi connectivity index (χ3v) is 5.82. The molecule has 2 aliphatic heterocycles. The number of hydrogen-bond donors (Lipinski definition) is 0. The number of carbonyl (C=O) groups is 1. The predicted octanol–water partition coefficient (Wildman–Crippen LogP) is 1.30. The summed E-state index contributed by atoms with van der Waals surface area (Å²) >= 11 is 0. The van der Waals surface area contributed by atoms with Crippen LogP contribution >= 0.6 is 10.3 Å². The van der Waals surface area contributed by atoms with Gasteiger partial charge in [0.1, 0.15) is 0 Å². The van der Waals surface area contributed by atoms with E-state index < -0.39 is 10.3 Å². The summed E-state index contributed by atoms with van der Waals surface area (Å²) in [5.41, 5.74) is 0.0254. The highest BCUT2D eigenvalue weighted by Crippen LogP contribution is 2.73. The monoisotopic (exact) mass is 160 g/mol. The molecule has 0 aromatic carbocycles. The quantitative estimate of drug-likeness (QED) is 0.427. The highest BCUT2D eigenvalue weighted by Gasteiger charge is 2.54. The van der Waals surface area contributed by atoms with Crippen LogP contribution in [-0.4, -0.2) is 23.2 Å². The van der Waals surface area contributed by atoms with Gasteiger partial charge in [0.05, 0.1) is 0 Å². The van der Waals surface area contributed by atoms with Crippen molar-refractivity contribution in [1.29, 1.82) is 0 Å². The maximum Gasteiger partial charge on any atom is 0.176 e. The van der Waals surface area contributed by atoms with Gasteiger partial charge in [-0.3, -0.25) is 4.79 Å². The Morgan fingerprint density at radius 3 is 2.90 bits per heavy atom. The summed E-state index contributed by atoms with van der Waals surface area (Å²) in [5, 5.41) is 0. The molecule has 2 nitrogen and oxygen atoms in total. The van der Waals surface area contributed by atoms with Crippen LogP contribution in [0.15, 0.2) is 0 Å². The van der Waals surface area contributed by atoms with Crippen LogP contribution in [0.25, 0.3) is 0 Å². The van der Waals surface area contributed by atoms with Gasteiger partial charge < -0.3 is 4.18 Å². The van der Waals surface area contributed by atoms with Crippen molar-refractivity contribution in [2.45, 2.75) is 18.8 Å². The molecule has 0 aromatic heterocycles. The fourth-order valence-electron chi connectivity index (χ4n) is 1.64. The van der Waals surface area contributed by atoms with Crippen molar-refractivity contribution in [3.8, 4) is 0 Å². The standard InChI is InChI=1S/C7H12O2S/c1-6-2-3-10(5-6)7(4-8)9-10/h4,6-7H,2-3,5H2,1H3. The molecular formula is C7H12O2S. The molecule has 3 atom stereocenters. The lowest BCUT2D eigenvalue weighted by Gasteiger charge is -2.04. The normalized spacial score (nSPS) is 58.1. The van der Waals surface area contributed by atoms with Crippen LogP contribution in [0.3, 0.4) is 0 Å². The Bertz CT molecular complexity index is 171. The predicted molar refractivity (Wildman–Crippen MR) is 42.0 cm³/mol. The van der Waals surface area contributed by atoms with Gasteiger partial charge in [0.25, 0.3) is 0 Å². The lowest BCUT2D eigenvalue weighted by molar-refractivity contribution is -0.108. The maximum absolute atomic E-state index is 10.3.